The molecule has 0 atom stereocenters. The Hall–Kier alpha value is -4.04. The fourth-order valence-corrected chi connectivity index (χ4v) is 4.83. The van der Waals surface area contributed by atoms with Crippen LogP contribution in [0.25, 0.3) is 0 Å². The van der Waals surface area contributed by atoms with Crippen LogP contribution in [0, 0.1) is 13.8 Å². The number of hydrogen-bond acceptors (Lipinski definition) is 7. The predicted octanol–water partition coefficient (Wildman–Crippen LogP) is 5.15. The van der Waals surface area contributed by atoms with Gasteiger partial charge in [0.1, 0.15) is 12.4 Å². The minimum atomic E-state index is -4.71. The second-order valence-corrected chi connectivity index (χ2v) is 10.2. The van der Waals surface area contributed by atoms with E-state index in [1.165, 1.54) is 22.3 Å². The van der Waals surface area contributed by atoms with Gasteiger partial charge < -0.3 is 30.3 Å². The molecule has 2 aromatic carbocycles. The Balaban J connectivity index is 1.30. The summed E-state index contributed by atoms with van der Waals surface area (Å²) in [6.45, 7) is 4.89. The zero-order valence-corrected chi connectivity index (χ0v) is 22.7. The molecular formula is C26H29F3N6O4S. The van der Waals surface area contributed by atoms with Crippen LogP contribution in [0.1, 0.15) is 16.1 Å². The Kier molecular flexibility index (Phi) is 9.00. The molecule has 0 aliphatic carbocycles. The largest absolute Gasteiger partial charge is 0.491 e. The van der Waals surface area contributed by atoms with E-state index in [4.69, 9.17) is 9.84 Å². The number of aryl methyl sites for hydroxylation is 2. The van der Waals surface area contributed by atoms with Crippen molar-refractivity contribution < 1.29 is 32.6 Å². The van der Waals surface area contributed by atoms with Crippen LogP contribution in [0.15, 0.2) is 42.5 Å². The lowest BCUT2D eigenvalue weighted by molar-refractivity contribution is -0.137. The van der Waals surface area contributed by atoms with Gasteiger partial charge >= 0.3 is 18.2 Å². The number of aromatic nitrogens is 1. The molecule has 4 N–H and O–H groups in total. The molecule has 0 unspecified atom stereocenters. The third-order valence-corrected chi connectivity index (χ3v) is 7.19. The monoisotopic (exact) mass is 578 g/mol. The summed E-state index contributed by atoms with van der Waals surface area (Å²) in [5.41, 5.74) is 0.942. The molecule has 0 radical (unpaired) electrons. The first-order valence-corrected chi connectivity index (χ1v) is 13.2. The molecule has 0 spiro atoms. The topological polar surface area (TPSA) is 119 Å². The number of piperazine rings is 1. The van der Waals surface area contributed by atoms with Crippen LogP contribution < -0.4 is 25.6 Å². The van der Waals surface area contributed by atoms with E-state index in [2.05, 4.69) is 20.9 Å². The molecule has 2 heterocycles. The molecule has 1 aliphatic rings. The molecule has 214 valence electrons. The quantitative estimate of drug-likeness (QED) is 0.308. The molecule has 1 aromatic heterocycles. The predicted molar refractivity (Wildman–Crippen MR) is 148 cm³/mol. The van der Waals surface area contributed by atoms with Crippen molar-refractivity contribution in [1.29, 1.82) is 0 Å². The number of nitrogens with one attached hydrogen (secondary N) is 3. The lowest BCUT2D eigenvalue weighted by Gasteiger charge is -2.36. The SMILES string of the molecule is Cc1nc(NC(=O)Nc2ccc(N3CCN(C(=O)Nc4ccc(OCCO)cc4C(F)(F)F)CC3)cc2)sc1C. The van der Waals surface area contributed by atoms with Crippen LogP contribution in [0.3, 0.4) is 0 Å². The van der Waals surface area contributed by atoms with Gasteiger partial charge in [-0.15, -0.1) is 11.3 Å². The van der Waals surface area contributed by atoms with Gasteiger partial charge in [0.25, 0.3) is 0 Å². The van der Waals surface area contributed by atoms with Crippen molar-refractivity contribution in [3.8, 4) is 5.75 Å². The third kappa shape index (κ3) is 7.33. The van der Waals surface area contributed by atoms with Gasteiger partial charge in [-0.05, 0) is 56.3 Å². The van der Waals surface area contributed by atoms with Crippen molar-refractivity contribution >= 4 is 45.6 Å². The summed E-state index contributed by atoms with van der Waals surface area (Å²) < 4.78 is 45.8. The maximum absolute atomic E-state index is 13.6. The normalized spacial score (nSPS) is 13.7. The summed E-state index contributed by atoms with van der Waals surface area (Å²) >= 11 is 1.40. The van der Waals surface area contributed by atoms with E-state index < -0.39 is 23.8 Å². The zero-order chi connectivity index (χ0) is 28.9. The number of aliphatic hydroxyl groups is 1. The molecular weight excluding hydrogens is 549 g/mol. The van der Waals surface area contributed by atoms with Crippen molar-refractivity contribution in [3.63, 3.8) is 0 Å². The molecule has 0 bridgehead atoms. The standard InChI is InChI=1S/C26H29F3N6O4S/c1-16-17(2)40-24(30-16)33-23(37)31-18-3-5-19(6-4-18)34-9-11-35(12-10-34)25(38)32-22-8-7-20(39-14-13-36)15-21(22)26(27,28)29/h3-8,15,36H,9-14H2,1-2H3,(H,32,38)(H2,30,31,33,37). The molecule has 10 nitrogen and oxygen atoms in total. The van der Waals surface area contributed by atoms with Crippen molar-refractivity contribution in [3.05, 3.63) is 58.6 Å². The molecule has 40 heavy (non-hydrogen) atoms. The van der Waals surface area contributed by atoms with Gasteiger partial charge in [0.2, 0.25) is 0 Å². The van der Waals surface area contributed by atoms with Crippen LogP contribution in [0.5, 0.6) is 5.75 Å². The van der Waals surface area contributed by atoms with Gasteiger partial charge in [-0.3, -0.25) is 5.32 Å². The van der Waals surface area contributed by atoms with E-state index in [1.807, 2.05) is 30.9 Å². The summed E-state index contributed by atoms with van der Waals surface area (Å²) in [7, 11) is 0. The first-order chi connectivity index (χ1) is 19.0. The number of carbonyl (C=O) groups is 2. The van der Waals surface area contributed by atoms with Gasteiger partial charge in [0, 0.05) is 42.4 Å². The van der Waals surface area contributed by atoms with Crippen molar-refractivity contribution in [2.45, 2.75) is 20.0 Å². The molecule has 3 aromatic rings. The van der Waals surface area contributed by atoms with E-state index in [1.54, 1.807) is 12.1 Å². The van der Waals surface area contributed by atoms with E-state index in [9.17, 15) is 22.8 Å². The molecule has 0 saturated carbocycles. The number of alkyl halides is 3. The number of halogens is 3. The number of carbonyl (C=O) groups excluding carboxylic acids is 2. The van der Waals surface area contributed by atoms with Crippen LogP contribution in [-0.2, 0) is 6.18 Å². The second kappa shape index (κ2) is 12.4. The zero-order valence-electron chi connectivity index (χ0n) is 21.8. The summed E-state index contributed by atoms with van der Waals surface area (Å²) in [6.07, 6.45) is -4.71. The van der Waals surface area contributed by atoms with Crippen LogP contribution >= 0.6 is 11.3 Å². The number of aliphatic hydroxyl groups excluding tert-OH is 1. The van der Waals surface area contributed by atoms with Gasteiger partial charge in [0.05, 0.1) is 23.6 Å². The fourth-order valence-electron chi connectivity index (χ4n) is 4.02. The number of anilines is 4. The maximum Gasteiger partial charge on any atom is 0.418 e. The molecule has 1 aliphatic heterocycles. The van der Waals surface area contributed by atoms with E-state index in [-0.39, 0.29) is 24.7 Å². The number of ether oxygens (including phenoxy) is 1. The van der Waals surface area contributed by atoms with Gasteiger partial charge in [-0.1, -0.05) is 0 Å². The Labute approximate surface area is 232 Å². The number of nitrogens with zero attached hydrogens (tertiary/aromatic N) is 3. The lowest BCUT2D eigenvalue weighted by Crippen LogP contribution is -2.50. The number of amides is 4. The highest BCUT2D eigenvalue weighted by atomic mass is 32.1. The van der Waals surface area contributed by atoms with Crippen molar-refractivity contribution in [2.24, 2.45) is 0 Å². The first kappa shape index (κ1) is 29.0. The van der Waals surface area contributed by atoms with Crippen molar-refractivity contribution in [1.82, 2.24) is 9.88 Å². The highest BCUT2D eigenvalue weighted by Gasteiger charge is 2.35. The Morgan fingerprint density at radius 3 is 2.33 bits per heavy atom. The number of benzene rings is 2. The van der Waals surface area contributed by atoms with E-state index in [0.29, 0.717) is 37.0 Å². The van der Waals surface area contributed by atoms with Crippen LogP contribution in [0.2, 0.25) is 0 Å². The minimum Gasteiger partial charge on any atom is -0.491 e. The molecule has 14 heteroatoms. The van der Waals surface area contributed by atoms with E-state index >= 15 is 0 Å². The first-order valence-electron chi connectivity index (χ1n) is 12.4. The summed E-state index contributed by atoms with van der Waals surface area (Å²) in [6, 6.07) is 9.43. The number of rotatable bonds is 7. The van der Waals surface area contributed by atoms with Gasteiger partial charge in [-0.25, -0.2) is 14.6 Å². The van der Waals surface area contributed by atoms with E-state index in [0.717, 1.165) is 28.4 Å². The summed E-state index contributed by atoms with van der Waals surface area (Å²) in [5, 5.41) is 17.2. The highest BCUT2D eigenvalue weighted by molar-refractivity contribution is 7.15. The smallest absolute Gasteiger partial charge is 0.418 e. The summed E-state index contributed by atoms with van der Waals surface area (Å²) in [4.78, 5) is 33.8. The second-order valence-electron chi connectivity index (χ2n) is 8.97. The third-order valence-electron chi connectivity index (χ3n) is 6.20. The van der Waals surface area contributed by atoms with Crippen LogP contribution in [-0.4, -0.2) is 66.4 Å². The molecule has 4 amide bonds. The Bertz CT molecular complexity index is 1320. The van der Waals surface area contributed by atoms with Crippen LogP contribution in [0.4, 0.5) is 45.0 Å². The van der Waals surface area contributed by atoms with Gasteiger partial charge in [0.15, 0.2) is 5.13 Å². The highest BCUT2D eigenvalue weighted by Crippen LogP contribution is 2.37. The van der Waals surface area contributed by atoms with Crippen molar-refractivity contribution in [2.75, 3.05) is 60.2 Å². The fraction of sp³-hybridized carbons (Fsp3) is 0.346. The Morgan fingerprint density at radius 2 is 1.73 bits per heavy atom. The summed E-state index contributed by atoms with van der Waals surface area (Å²) in [5.74, 6) is -0.0560. The molecule has 1 fully saturated rings. The molecule has 4 rings (SSSR count). The number of urea groups is 2. The maximum atomic E-state index is 13.6. The average molecular weight is 579 g/mol. The molecule has 1 saturated heterocycles. The number of hydrogen-bond donors (Lipinski definition) is 4. The van der Waals surface area contributed by atoms with Gasteiger partial charge in [-0.2, -0.15) is 13.2 Å². The lowest BCUT2D eigenvalue weighted by atomic mass is 10.1. The minimum absolute atomic E-state index is 0.0560. The average Bonchev–Trinajstić information content (AvgIpc) is 3.23. The Morgan fingerprint density at radius 1 is 1.02 bits per heavy atom. The number of thiazole rings is 1.